The molecular formula is C17H19NO5S2. The summed E-state index contributed by atoms with van der Waals surface area (Å²) in [6, 6.07) is 13.0. The minimum absolute atomic E-state index is 0.0688. The van der Waals surface area contributed by atoms with Crippen LogP contribution >= 0.6 is 11.8 Å². The van der Waals surface area contributed by atoms with E-state index < -0.39 is 22.1 Å². The monoisotopic (exact) mass is 381 g/mol. The average molecular weight is 381 g/mol. The Balaban J connectivity index is 2.09. The van der Waals surface area contributed by atoms with Crippen LogP contribution in [-0.4, -0.2) is 38.4 Å². The Morgan fingerprint density at radius 3 is 2.48 bits per heavy atom. The first-order valence-corrected chi connectivity index (χ1v) is 10.1. The zero-order chi connectivity index (χ0) is 18.4. The van der Waals surface area contributed by atoms with Gasteiger partial charge in [-0.15, -0.1) is 11.8 Å². The van der Waals surface area contributed by atoms with Gasteiger partial charge in [-0.3, -0.25) is 0 Å². The highest BCUT2D eigenvalue weighted by Gasteiger charge is 2.23. The normalized spacial score (nSPS) is 12.6. The van der Waals surface area contributed by atoms with Crippen molar-refractivity contribution in [3.05, 3.63) is 54.1 Å². The molecule has 134 valence electrons. The van der Waals surface area contributed by atoms with E-state index in [9.17, 15) is 18.3 Å². The quantitative estimate of drug-likeness (QED) is 0.683. The number of carboxylic acids is 1. The number of sulfonamides is 1. The van der Waals surface area contributed by atoms with Crippen LogP contribution in [0, 0.1) is 6.92 Å². The first kappa shape index (κ1) is 19.3. The van der Waals surface area contributed by atoms with E-state index in [2.05, 4.69) is 4.72 Å². The number of benzene rings is 2. The molecule has 1 unspecified atom stereocenters. The second-order valence-electron chi connectivity index (χ2n) is 5.24. The van der Waals surface area contributed by atoms with E-state index in [0.717, 1.165) is 10.5 Å². The van der Waals surface area contributed by atoms with Gasteiger partial charge >= 0.3 is 5.97 Å². The summed E-state index contributed by atoms with van der Waals surface area (Å²) in [5.74, 6) is -0.871. The fourth-order valence-corrected chi connectivity index (χ4v) is 3.77. The van der Waals surface area contributed by atoms with Crippen LogP contribution in [0.15, 0.2) is 58.3 Å². The molecule has 0 heterocycles. The molecule has 0 amide bonds. The maximum Gasteiger partial charge on any atom is 0.346 e. The van der Waals surface area contributed by atoms with Crippen LogP contribution in [0.1, 0.15) is 5.56 Å². The summed E-state index contributed by atoms with van der Waals surface area (Å²) in [6.45, 7) is 1.52. The van der Waals surface area contributed by atoms with Gasteiger partial charge in [-0.05, 0) is 49.1 Å². The van der Waals surface area contributed by atoms with Crippen molar-refractivity contribution in [1.82, 2.24) is 4.72 Å². The molecule has 2 aromatic rings. The summed E-state index contributed by atoms with van der Waals surface area (Å²) in [5.41, 5.74) is 0.957. The number of rotatable bonds is 8. The maximum atomic E-state index is 12.2. The molecule has 25 heavy (non-hydrogen) atoms. The third-order valence-electron chi connectivity index (χ3n) is 3.43. The third kappa shape index (κ3) is 5.22. The van der Waals surface area contributed by atoms with Crippen molar-refractivity contribution in [3.8, 4) is 5.75 Å². The van der Waals surface area contributed by atoms with Crippen LogP contribution in [0.2, 0.25) is 0 Å². The molecule has 0 saturated heterocycles. The van der Waals surface area contributed by atoms with Crippen molar-refractivity contribution < 1.29 is 23.1 Å². The van der Waals surface area contributed by atoms with Gasteiger partial charge in [0, 0.05) is 4.90 Å². The summed E-state index contributed by atoms with van der Waals surface area (Å²) in [7, 11) is -3.80. The van der Waals surface area contributed by atoms with Crippen LogP contribution in [0.4, 0.5) is 0 Å². The highest BCUT2D eigenvalue weighted by Crippen LogP contribution is 2.24. The lowest BCUT2D eigenvalue weighted by molar-refractivity contribution is -0.144. The Morgan fingerprint density at radius 1 is 1.24 bits per heavy atom. The Morgan fingerprint density at radius 2 is 1.92 bits per heavy atom. The molecule has 0 radical (unpaired) electrons. The number of aliphatic carboxylic acids is 1. The molecule has 2 rings (SSSR count). The van der Waals surface area contributed by atoms with Gasteiger partial charge in [0.2, 0.25) is 16.1 Å². The molecule has 0 fully saturated rings. The standard InChI is InChI=1S/C17H19NO5S2/c1-12-10-13(8-9-16(12)24-2)23-15(17(19)20)11-18-25(21,22)14-6-4-3-5-7-14/h3-10,15,18H,11H2,1-2H3,(H,19,20). The van der Waals surface area contributed by atoms with E-state index in [-0.39, 0.29) is 11.4 Å². The molecule has 1 atom stereocenters. The molecule has 6 nitrogen and oxygen atoms in total. The second-order valence-corrected chi connectivity index (χ2v) is 7.86. The lowest BCUT2D eigenvalue weighted by Gasteiger charge is -2.17. The van der Waals surface area contributed by atoms with Crippen molar-refractivity contribution in [1.29, 1.82) is 0 Å². The highest BCUT2D eigenvalue weighted by molar-refractivity contribution is 7.98. The minimum atomic E-state index is -3.80. The van der Waals surface area contributed by atoms with Gasteiger partial charge < -0.3 is 9.84 Å². The largest absolute Gasteiger partial charge is 0.478 e. The van der Waals surface area contributed by atoms with Crippen LogP contribution in [-0.2, 0) is 14.8 Å². The Bertz CT molecular complexity index is 837. The fraction of sp³-hybridized carbons (Fsp3) is 0.235. The van der Waals surface area contributed by atoms with Gasteiger partial charge in [-0.2, -0.15) is 0 Å². The third-order valence-corrected chi connectivity index (χ3v) is 5.77. The second kappa shape index (κ2) is 8.37. The number of ether oxygens (including phenoxy) is 1. The smallest absolute Gasteiger partial charge is 0.346 e. The first-order chi connectivity index (χ1) is 11.8. The number of aryl methyl sites for hydroxylation is 1. The molecule has 0 aliphatic rings. The van der Waals surface area contributed by atoms with Gasteiger partial charge in [0.05, 0.1) is 11.4 Å². The number of nitrogens with one attached hydrogen (secondary N) is 1. The van der Waals surface area contributed by atoms with E-state index in [1.54, 1.807) is 42.1 Å². The number of carbonyl (C=O) groups is 1. The van der Waals surface area contributed by atoms with Gasteiger partial charge in [-0.25, -0.2) is 17.9 Å². The van der Waals surface area contributed by atoms with Crippen LogP contribution < -0.4 is 9.46 Å². The Labute approximate surface area is 151 Å². The Kier molecular flexibility index (Phi) is 6.46. The van der Waals surface area contributed by atoms with E-state index in [0.29, 0.717) is 5.75 Å². The van der Waals surface area contributed by atoms with E-state index in [1.165, 1.54) is 12.1 Å². The molecular weight excluding hydrogens is 362 g/mol. The molecule has 0 saturated carbocycles. The van der Waals surface area contributed by atoms with Crippen LogP contribution in [0.3, 0.4) is 0 Å². The molecule has 2 N–H and O–H groups in total. The molecule has 0 aliphatic heterocycles. The minimum Gasteiger partial charge on any atom is -0.478 e. The highest BCUT2D eigenvalue weighted by atomic mass is 32.2. The van der Waals surface area contributed by atoms with E-state index in [1.807, 2.05) is 19.2 Å². The Hall–Kier alpha value is -2.03. The van der Waals surface area contributed by atoms with Crippen LogP contribution in [0.25, 0.3) is 0 Å². The molecule has 0 bridgehead atoms. The number of carboxylic acid groups (broad SMARTS) is 1. The summed E-state index contributed by atoms with van der Waals surface area (Å²) >= 11 is 1.58. The first-order valence-electron chi connectivity index (χ1n) is 7.42. The predicted octanol–water partition coefficient (Wildman–Crippen LogP) is 2.53. The van der Waals surface area contributed by atoms with E-state index in [4.69, 9.17) is 4.74 Å². The fourth-order valence-electron chi connectivity index (χ4n) is 2.14. The van der Waals surface area contributed by atoms with Crippen molar-refractivity contribution in [2.45, 2.75) is 22.8 Å². The summed E-state index contributed by atoms with van der Waals surface area (Å²) in [5, 5.41) is 9.31. The molecule has 0 aliphatic carbocycles. The molecule has 2 aromatic carbocycles. The van der Waals surface area contributed by atoms with E-state index >= 15 is 0 Å². The average Bonchev–Trinajstić information content (AvgIpc) is 2.59. The zero-order valence-corrected chi connectivity index (χ0v) is 15.4. The van der Waals surface area contributed by atoms with Crippen molar-refractivity contribution in [2.75, 3.05) is 12.8 Å². The van der Waals surface area contributed by atoms with Crippen molar-refractivity contribution in [2.24, 2.45) is 0 Å². The van der Waals surface area contributed by atoms with Gasteiger partial charge in [0.1, 0.15) is 5.75 Å². The number of thioether (sulfide) groups is 1. The van der Waals surface area contributed by atoms with Crippen molar-refractivity contribution >= 4 is 27.8 Å². The number of hydrogen-bond acceptors (Lipinski definition) is 5. The lowest BCUT2D eigenvalue weighted by atomic mass is 10.2. The van der Waals surface area contributed by atoms with Gasteiger partial charge in [0.25, 0.3) is 0 Å². The summed E-state index contributed by atoms with van der Waals surface area (Å²) in [4.78, 5) is 12.5. The topological polar surface area (TPSA) is 92.7 Å². The van der Waals surface area contributed by atoms with Crippen LogP contribution in [0.5, 0.6) is 5.75 Å². The SMILES string of the molecule is CSc1ccc(OC(CNS(=O)(=O)c2ccccc2)C(=O)O)cc1C. The molecule has 8 heteroatoms. The van der Waals surface area contributed by atoms with Crippen molar-refractivity contribution in [3.63, 3.8) is 0 Å². The zero-order valence-electron chi connectivity index (χ0n) is 13.8. The summed E-state index contributed by atoms with van der Waals surface area (Å²) in [6.07, 6.45) is 0.611. The molecule has 0 aromatic heterocycles. The van der Waals surface area contributed by atoms with Gasteiger partial charge in [-0.1, -0.05) is 18.2 Å². The van der Waals surface area contributed by atoms with Gasteiger partial charge in [0.15, 0.2) is 0 Å². The predicted molar refractivity (Wildman–Crippen MR) is 96.6 cm³/mol. The summed E-state index contributed by atoms with van der Waals surface area (Å²) < 4.78 is 32.1. The lowest BCUT2D eigenvalue weighted by Crippen LogP contribution is -2.40. The number of hydrogen-bond donors (Lipinski definition) is 2. The maximum absolute atomic E-state index is 12.2. The molecule has 0 spiro atoms.